The van der Waals surface area contributed by atoms with Crippen molar-refractivity contribution in [2.75, 3.05) is 13.2 Å². The normalized spacial score (nSPS) is 30.5. The van der Waals surface area contributed by atoms with Gasteiger partial charge in [-0.15, -0.1) is 0 Å². The molecular formula is C15H20FNO2. The molecule has 0 saturated carbocycles. The first-order valence-electron chi connectivity index (χ1n) is 7.04. The second-order valence-electron chi connectivity index (χ2n) is 5.34. The Morgan fingerprint density at radius 2 is 2.16 bits per heavy atom. The van der Waals surface area contributed by atoms with Gasteiger partial charge in [0.15, 0.2) is 11.6 Å². The van der Waals surface area contributed by atoms with Crippen LogP contribution in [0.3, 0.4) is 0 Å². The predicted molar refractivity (Wildman–Crippen MR) is 70.8 cm³/mol. The predicted octanol–water partition coefficient (Wildman–Crippen LogP) is 2.81. The van der Waals surface area contributed by atoms with Gasteiger partial charge in [-0.2, -0.15) is 0 Å². The molecule has 19 heavy (non-hydrogen) atoms. The summed E-state index contributed by atoms with van der Waals surface area (Å²) in [6.07, 6.45) is 3.15. The van der Waals surface area contributed by atoms with Gasteiger partial charge in [0.1, 0.15) is 0 Å². The molecule has 3 nitrogen and oxygen atoms in total. The first-order chi connectivity index (χ1) is 9.25. The third kappa shape index (κ3) is 2.60. The Bertz CT molecular complexity index is 452. The Labute approximate surface area is 113 Å². The van der Waals surface area contributed by atoms with Crippen LogP contribution >= 0.6 is 0 Å². The lowest BCUT2D eigenvalue weighted by Gasteiger charge is -2.24. The van der Waals surface area contributed by atoms with Crippen LogP contribution in [0.5, 0.6) is 5.75 Å². The number of ether oxygens (including phenoxy) is 2. The number of halogens is 1. The molecular weight excluding hydrogens is 245 g/mol. The molecule has 2 aliphatic rings. The van der Waals surface area contributed by atoms with Crippen molar-refractivity contribution in [2.24, 2.45) is 0 Å². The van der Waals surface area contributed by atoms with Gasteiger partial charge in [-0.3, -0.25) is 0 Å². The quantitative estimate of drug-likeness (QED) is 0.892. The zero-order valence-electron chi connectivity index (χ0n) is 11.2. The number of fused-ring (bicyclic) bond motifs is 1. The zero-order chi connectivity index (χ0) is 13.2. The van der Waals surface area contributed by atoms with Crippen molar-refractivity contribution in [1.82, 2.24) is 5.32 Å². The van der Waals surface area contributed by atoms with Gasteiger partial charge in [0.2, 0.25) is 0 Å². The van der Waals surface area contributed by atoms with E-state index in [1.54, 1.807) is 6.07 Å². The van der Waals surface area contributed by atoms with Crippen LogP contribution in [0, 0.1) is 5.82 Å². The Morgan fingerprint density at radius 3 is 2.95 bits per heavy atom. The number of nitrogens with one attached hydrogen (secondary N) is 1. The minimum absolute atomic E-state index is 0.155. The minimum atomic E-state index is -0.262. The molecule has 2 heterocycles. The summed E-state index contributed by atoms with van der Waals surface area (Å²) in [7, 11) is 0. The van der Waals surface area contributed by atoms with E-state index in [0.717, 1.165) is 31.4 Å². The van der Waals surface area contributed by atoms with Crippen molar-refractivity contribution < 1.29 is 13.9 Å². The Morgan fingerprint density at radius 1 is 1.26 bits per heavy atom. The molecule has 0 radical (unpaired) electrons. The summed E-state index contributed by atoms with van der Waals surface area (Å²) in [4.78, 5) is 0. The molecule has 0 bridgehead atoms. The summed E-state index contributed by atoms with van der Waals surface area (Å²) >= 11 is 0. The van der Waals surface area contributed by atoms with Crippen LogP contribution in [-0.4, -0.2) is 25.4 Å². The van der Waals surface area contributed by atoms with Crippen LogP contribution in [0.15, 0.2) is 18.2 Å². The van der Waals surface area contributed by atoms with Gasteiger partial charge in [-0.1, -0.05) is 12.1 Å². The molecule has 3 atom stereocenters. The SMILES string of the molecule is C[C@@H]1OCC[C@H]1N[C@@H]1CCCOc2c(F)cccc21. The zero-order valence-corrected chi connectivity index (χ0v) is 11.2. The summed E-state index contributed by atoms with van der Waals surface area (Å²) in [5.41, 5.74) is 0.941. The largest absolute Gasteiger partial charge is 0.490 e. The Balaban J connectivity index is 1.84. The van der Waals surface area contributed by atoms with Gasteiger partial charge in [0.25, 0.3) is 0 Å². The van der Waals surface area contributed by atoms with Gasteiger partial charge in [-0.25, -0.2) is 4.39 Å². The van der Waals surface area contributed by atoms with Crippen LogP contribution in [0.4, 0.5) is 4.39 Å². The molecule has 0 spiro atoms. The molecule has 4 heteroatoms. The molecule has 104 valence electrons. The van der Waals surface area contributed by atoms with E-state index >= 15 is 0 Å². The van der Waals surface area contributed by atoms with Crippen molar-refractivity contribution in [1.29, 1.82) is 0 Å². The molecule has 1 saturated heterocycles. The van der Waals surface area contributed by atoms with Crippen molar-refractivity contribution in [3.63, 3.8) is 0 Å². The molecule has 3 rings (SSSR count). The smallest absolute Gasteiger partial charge is 0.165 e. The van der Waals surface area contributed by atoms with Crippen LogP contribution < -0.4 is 10.1 Å². The summed E-state index contributed by atoms with van der Waals surface area (Å²) in [5, 5.41) is 3.62. The van der Waals surface area contributed by atoms with E-state index in [1.165, 1.54) is 6.07 Å². The molecule has 1 fully saturated rings. The number of rotatable bonds is 2. The standard InChI is InChI=1S/C15H20FNO2/c1-10-13(7-9-18-10)17-14-6-3-8-19-15-11(14)4-2-5-12(15)16/h2,4-5,10,13-14,17H,3,6-9H2,1H3/t10-,13+,14+/m0/s1. The monoisotopic (exact) mass is 265 g/mol. The highest BCUT2D eigenvalue weighted by Crippen LogP contribution is 2.34. The highest BCUT2D eigenvalue weighted by Gasteiger charge is 2.29. The van der Waals surface area contributed by atoms with E-state index < -0.39 is 0 Å². The number of hydrogen-bond acceptors (Lipinski definition) is 3. The molecule has 0 aliphatic carbocycles. The van der Waals surface area contributed by atoms with E-state index in [0.29, 0.717) is 18.4 Å². The van der Waals surface area contributed by atoms with E-state index in [4.69, 9.17) is 9.47 Å². The molecule has 0 aromatic heterocycles. The van der Waals surface area contributed by atoms with Gasteiger partial charge >= 0.3 is 0 Å². The topological polar surface area (TPSA) is 30.5 Å². The fourth-order valence-electron chi connectivity index (χ4n) is 2.95. The van der Waals surface area contributed by atoms with Crippen LogP contribution in [0.2, 0.25) is 0 Å². The number of benzene rings is 1. The van der Waals surface area contributed by atoms with Crippen molar-refractivity contribution in [2.45, 2.75) is 44.4 Å². The van der Waals surface area contributed by atoms with Gasteiger partial charge in [0.05, 0.1) is 12.7 Å². The highest BCUT2D eigenvalue weighted by molar-refractivity contribution is 5.38. The molecule has 0 unspecified atom stereocenters. The molecule has 2 aliphatic heterocycles. The maximum atomic E-state index is 13.8. The average Bonchev–Trinajstić information content (AvgIpc) is 2.69. The third-order valence-corrected chi connectivity index (χ3v) is 4.05. The first-order valence-corrected chi connectivity index (χ1v) is 7.04. The molecule has 1 aromatic rings. The summed E-state index contributed by atoms with van der Waals surface area (Å²) in [5.74, 6) is 0.158. The number of para-hydroxylation sites is 1. The highest BCUT2D eigenvalue weighted by atomic mass is 19.1. The van der Waals surface area contributed by atoms with E-state index in [2.05, 4.69) is 12.2 Å². The summed E-state index contributed by atoms with van der Waals surface area (Å²) in [6, 6.07) is 5.68. The minimum Gasteiger partial charge on any atom is -0.490 e. The van der Waals surface area contributed by atoms with Crippen molar-refractivity contribution in [3.8, 4) is 5.75 Å². The number of hydrogen-bond donors (Lipinski definition) is 1. The second kappa shape index (κ2) is 5.47. The summed E-state index contributed by atoms with van der Waals surface area (Å²) in [6.45, 7) is 3.48. The van der Waals surface area contributed by atoms with Crippen molar-refractivity contribution >= 4 is 0 Å². The van der Waals surface area contributed by atoms with Gasteiger partial charge in [-0.05, 0) is 32.3 Å². The maximum Gasteiger partial charge on any atom is 0.165 e. The van der Waals surface area contributed by atoms with Gasteiger partial charge in [0, 0.05) is 24.3 Å². The van der Waals surface area contributed by atoms with Gasteiger partial charge < -0.3 is 14.8 Å². The fourth-order valence-corrected chi connectivity index (χ4v) is 2.95. The van der Waals surface area contributed by atoms with Crippen LogP contribution in [0.25, 0.3) is 0 Å². The third-order valence-electron chi connectivity index (χ3n) is 4.05. The average molecular weight is 265 g/mol. The maximum absolute atomic E-state index is 13.8. The molecule has 1 aromatic carbocycles. The van der Waals surface area contributed by atoms with E-state index in [-0.39, 0.29) is 18.0 Å². The molecule has 0 amide bonds. The van der Waals surface area contributed by atoms with E-state index in [9.17, 15) is 4.39 Å². The van der Waals surface area contributed by atoms with Crippen LogP contribution in [0.1, 0.15) is 37.8 Å². The Kier molecular flexibility index (Phi) is 3.71. The lowest BCUT2D eigenvalue weighted by Crippen LogP contribution is -2.37. The van der Waals surface area contributed by atoms with Crippen LogP contribution in [-0.2, 0) is 4.74 Å². The van der Waals surface area contributed by atoms with E-state index in [1.807, 2.05) is 6.07 Å². The molecule has 1 N–H and O–H groups in total. The lowest BCUT2D eigenvalue weighted by atomic mass is 9.99. The lowest BCUT2D eigenvalue weighted by molar-refractivity contribution is 0.110. The second-order valence-corrected chi connectivity index (χ2v) is 5.34. The summed E-state index contributed by atoms with van der Waals surface area (Å²) < 4.78 is 25.0. The fraction of sp³-hybridized carbons (Fsp3) is 0.600. The Hall–Kier alpha value is -1.13. The first kappa shape index (κ1) is 12.9. The van der Waals surface area contributed by atoms with Crippen molar-refractivity contribution in [3.05, 3.63) is 29.6 Å².